The van der Waals surface area contributed by atoms with Crippen LogP contribution < -0.4 is 10.6 Å². The van der Waals surface area contributed by atoms with E-state index in [1.54, 1.807) is 30.5 Å². The predicted molar refractivity (Wildman–Crippen MR) is 105 cm³/mol. The molecule has 0 aliphatic heterocycles. The van der Waals surface area contributed by atoms with Gasteiger partial charge in [0.15, 0.2) is 5.69 Å². The van der Waals surface area contributed by atoms with Crippen LogP contribution in [0, 0.1) is 17.0 Å². The number of benzene rings is 1. The molecule has 0 unspecified atom stereocenters. The summed E-state index contributed by atoms with van der Waals surface area (Å²) in [7, 11) is 0. The average Bonchev–Trinajstić information content (AvgIpc) is 3.25. The number of amides is 2. The number of rotatable bonds is 7. The third-order valence-corrected chi connectivity index (χ3v) is 4.03. The van der Waals surface area contributed by atoms with Crippen molar-refractivity contribution in [2.75, 3.05) is 10.6 Å². The van der Waals surface area contributed by atoms with E-state index < -0.39 is 16.7 Å². The lowest BCUT2D eigenvalue weighted by Crippen LogP contribution is -2.21. The first kappa shape index (κ1) is 19.7. The first-order chi connectivity index (χ1) is 13.9. The minimum atomic E-state index is -0.561. The fourth-order valence-electron chi connectivity index (χ4n) is 2.66. The molecular weight excluding hydrogens is 378 g/mol. The van der Waals surface area contributed by atoms with Gasteiger partial charge in [0.25, 0.3) is 5.91 Å². The normalized spacial score (nSPS) is 10.6. The van der Waals surface area contributed by atoms with Crippen molar-refractivity contribution in [3.63, 3.8) is 0 Å². The number of nitro groups is 1. The Hall–Kier alpha value is -4.02. The fraction of sp³-hybridized carbons (Fsp3) is 0.222. The van der Waals surface area contributed by atoms with E-state index in [0.29, 0.717) is 12.2 Å². The third kappa shape index (κ3) is 4.64. The fourth-order valence-corrected chi connectivity index (χ4v) is 2.66. The Balaban J connectivity index is 1.75. The number of hydrogen-bond donors (Lipinski definition) is 2. The van der Waals surface area contributed by atoms with Crippen molar-refractivity contribution in [2.45, 2.75) is 26.9 Å². The van der Waals surface area contributed by atoms with Crippen molar-refractivity contribution < 1.29 is 14.5 Å². The molecule has 0 saturated carbocycles. The lowest BCUT2D eigenvalue weighted by atomic mass is 10.3. The monoisotopic (exact) mass is 397 g/mol. The second-order valence-electron chi connectivity index (χ2n) is 6.17. The van der Waals surface area contributed by atoms with Crippen LogP contribution in [-0.4, -0.2) is 36.3 Å². The van der Waals surface area contributed by atoms with Crippen molar-refractivity contribution in [2.24, 2.45) is 0 Å². The lowest BCUT2D eigenvalue weighted by Gasteiger charge is -2.06. The minimum Gasteiger partial charge on any atom is -0.321 e. The summed E-state index contributed by atoms with van der Waals surface area (Å²) in [5.41, 5.74) is 0.944. The molecule has 0 atom stereocenters. The quantitative estimate of drug-likeness (QED) is 0.463. The van der Waals surface area contributed by atoms with E-state index in [9.17, 15) is 19.7 Å². The maximum Gasteiger partial charge on any atom is 0.309 e. The Labute approximate surface area is 165 Å². The second kappa shape index (κ2) is 8.33. The van der Waals surface area contributed by atoms with E-state index in [1.807, 2.05) is 13.0 Å². The number of para-hydroxylation sites is 1. The van der Waals surface area contributed by atoms with Crippen molar-refractivity contribution in [1.29, 1.82) is 0 Å². The maximum absolute atomic E-state index is 12.6. The molecule has 0 aliphatic rings. The molecule has 1 aromatic carbocycles. The molecule has 2 N–H and O–H groups in total. The van der Waals surface area contributed by atoms with Gasteiger partial charge in [0.2, 0.25) is 5.91 Å². The molecule has 29 heavy (non-hydrogen) atoms. The SMILES string of the molecule is CCn1cc(NC(=O)Cn2cc([N+](=O)[O-])c(C)n2)c(C(=O)Nc2ccccc2)n1. The van der Waals surface area contributed by atoms with Crippen LogP contribution in [0.2, 0.25) is 0 Å². The zero-order chi connectivity index (χ0) is 21.0. The summed E-state index contributed by atoms with van der Waals surface area (Å²) in [5.74, 6) is -0.962. The van der Waals surface area contributed by atoms with Crippen LogP contribution in [0.3, 0.4) is 0 Å². The number of aryl methyl sites for hydroxylation is 2. The highest BCUT2D eigenvalue weighted by molar-refractivity contribution is 6.08. The first-order valence-corrected chi connectivity index (χ1v) is 8.79. The van der Waals surface area contributed by atoms with Gasteiger partial charge >= 0.3 is 5.69 Å². The van der Waals surface area contributed by atoms with E-state index in [2.05, 4.69) is 20.8 Å². The maximum atomic E-state index is 12.6. The van der Waals surface area contributed by atoms with Crippen molar-refractivity contribution in [3.05, 3.63) is 64.2 Å². The molecule has 2 amide bonds. The molecule has 2 aromatic heterocycles. The van der Waals surface area contributed by atoms with Crippen LogP contribution in [0.5, 0.6) is 0 Å². The van der Waals surface area contributed by atoms with Gasteiger partial charge in [-0.2, -0.15) is 10.2 Å². The standard InChI is InChI=1S/C18H19N7O4/c1-3-23-9-14(17(22-23)18(27)19-13-7-5-4-6-8-13)20-16(26)11-24-10-15(25(28)29)12(2)21-24/h4-10H,3,11H2,1-2H3,(H,19,27)(H,20,26). The van der Waals surface area contributed by atoms with Gasteiger partial charge in [-0.25, -0.2) is 0 Å². The molecule has 0 fully saturated rings. The van der Waals surface area contributed by atoms with Crippen LogP contribution in [0.15, 0.2) is 42.7 Å². The summed E-state index contributed by atoms with van der Waals surface area (Å²) in [4.78, 5) is 35.3. The van der Waals surface area contributed by atoms with E-state index in [4.69, 9.17) is 0 Å². The zero-order valence-electron chi connectivity index (χ0n) is 15.8. The topological polar surface area (TPSA) is 137 Å². The zero-order valence-corrected chi connectivity index (χ0v) is 15.8. The van der Waals surface area contributed by atoms with E-state index in [1.165, 1.54) is 22.5 Å². The van der Waals surface area contributed by atoms with Crippen LogP contribution in [0.4, 0.5) is 17.1 Å². The Bertz CT molecular complexity index is 1060. The summed E-state index contributed by atoms with van der Waals surface area (Å²) in [6, 6.07) is 8.87. The number of nitrogens with one attached hydrogen (secondary N) is 2. The van der Waals surface area contributed by atoms with Gasteiger partial charge in [-0.05, 0) is 26.0 Å². The number of nitrogens with zero attached hydrogens (tertiary/aromatic N) is 5. The molecular formula is C18H19N7O4. The van der Waals surface area contributed by atoms with Crippen molar-refractivity contribution >= 4 is 28.9 Å². The summed E-state index contributed by atoms with van der Waals surface area (Å²) in [5, 5.41) is 24.4. The summed E-state index contributed by atoms with van der Waals surface area (Å²) in [6.45, 7) is 3.60. The van der Waals surface area contributed by atoms with E-state index in [0.717, 1.165) is 0 Å². The Kier molecular flexibility index (Phi) is 5.67. The lowest BCUT2D eigenvalue weighted by molar-refractivity contribution is -0.385. The Morgan fingerprint density at radius 3 is 2.45 bits per heavy atom. The minimum absolute atomic E-state index is 0.0617. The summed E-state index contributed by atoms with van der Waals surface area (Å²) >= 11 is 0. The van der Waals surface area contributed by atoms with Gasteiger partial charge in [0.05, 0.1) is 10.6 Å². The van der Waals surface area contributed by atoms with E-state index in [-0.39, 0.29) is 29.3 Å². The van der Waals surface area contributed by atoms with Gasteiger partial charge in [0.1, 0.15) is 18.4 Å². The van der Waals surface area contributed by atoms with Gasteiger partial charge in [-0.1, -0.05) is 18.2 Å². The Morgan fingerprint density at radius 1 is 1.10 bits per heavy atom. The smallest absolute Gasteiger partial charge is 0.309 e. The third-order valence-electron chi connectivity index (χ3n) is 4.03. The van der Waals surface area contributed by atoms with Crippen LogP contribution in [-0.2, 0) is 17.9 Å². The van der Waals surface area contributed by atoms with Gasteiger partial charge in [-0.15, -0.1) is 0 Å². The van der Waals surface area contributed by atoms with E-state index >= 15 is 0 Å². The molecule has 0 bridgehead atoms. The second-order valence-corrected chi connectivity index (χ2v) is 6.17. The largest absolute Gasteiger partial charge is 0.321 e. The summed E-state index contributed by atoms with van der Waals surface area (Å²) in [6.07, 6.45) is 2.74. The predicted octanol–water partition coefficient (Wildman–Crippen LogP) is 2.21. The van der Waals surface area contributed by atoms with Crippen LogP contribution in [0.25, 0.3) is 0 Å². The van der Waals surface area contributed by atoms with Crippen molar-refractivity contribution in [1.82, 2.24) is 19.6 Å². The molecule has 0 radical (unpaired) electrons. The molecule has 150 valence electrons. The molecule has 0 saturated heterocycles. The highest BCUT2D eigenvalue weighted by Crippen LogP contribution is 2.18. The van der Waals surface area contributed by atoms with Crippen molar-refractivity contribution in [3.8, 4) is 0 Å². The number of hydrogen-bond acceptors (Lipinski definition) is 6. The average molecular weight is 397 g/mol. The summed E-state index contributed by atoms with van der Waals surface area (Å²) < 4.78 is 2.70. The highest BCUT2D eigenvalue weighted by atomic mass is 16.6. The first-order valence-electron chi connectivity index (χ1n) is 8.79. The van der Waals surface area contributed by atoms with Crippen LogP contribution in [0.1, 0.15) is 23.1 Å². The van der Waals surface area contributed by atoms with Gasteiger partial charge in [-0.3, -0.25) is 29.1 Å². The number of anilines is 2. The molecule has 11 heteroatoms. The molecule has 3 aromatic rings. The molecule has 11 nitrogen and oxygen atoms in total. The molecule has 2 heterocycles. The Morgan fingerprint density at radius 2 is 1.83 bits per heavy atom. The van der Waals surface area contributed by atoms with Gasteiger partial charge < -0.3 is 10.6 Å². The molecule has 3 rings (SSSR count). The molecule has 0 spiro atoms. The number of aromatic nitrogens is 4. The molecule has 0 aliphatic carbocycles. The van der Waals surface area contributed by atoms with Crippen LogP contribution >= 0.6 is 0 Å². The number of carbonyl (C=O) groups excluding carboxylic acids is 2. The number of carbonyl (C=O) groups is 2. The highest BCUT2D eigenvalue weighted by Gasteiger charge is 2.20. The van der Waals surface area contributed by atoms with Gasteiger partial charge in [0, 0.05) is 18.4 Å².